The SMILES string of the molecule is O=C(c1cccc2ccsc12)C1CSCCS1. The third-order valence-electron chi connectivity index (χ3n) is 2.85. The quantitative estimate of drug-likeness (QED) is 0.776. The fraction of sp³-hybridized carbons (Fsp3) is 0.308. The van der Waals surface area contributed by atoms with Crippen LogP contribution in [0.5, 0.6) is 0 Å². The molecule has 1 aliphatic rings. The van der Waals surface area contributed by atoms with Crippen molar-refractivity contribution in [1.82, 2.24) is 0 Å². The third-order valence-corrected chi connectivity index (χ3v) is 6.57. The van der Waals surface area contributed by atoms with Gasteiger partial charge in [0.05, 0.1) is 5.25 Å². The highest BCUT2D eigenvalue weighted by Crippen LogP contribution is 2.31. The molecule has 2 heterocycles. The van der Waals surface area contributed by atoms with Crippen molar-refractivity contribution in [2.45, 2.75) is 5.25 Å². The molecule has 1 aromatic carbocycles. The van der Waals surface area contributed by atoms with E-state index >= 15 is 0 Å². The lowest BCUT2D eigenvalue weighted by Crippen LogP contribution is -2.24. The Morgan fingerprint density at radius 3 is 3.00 bits per heavy atom. The van der Waals surface area contributed by atoms with Gasteiger partial charge in [-0.3, -0.25) is 4.79 Å². The Bertz CT molecular complexity index is 540. The number of hydrogen-bond donors (Lipinski definition) is 0. The van der Waals surface area contributed by atoms with Gasteiger partial charge < -0.3 is 0 Å². The molecule has 0 bridgehead atoms. The van der Waals surface area contributed by atoms with Crippen molar-refractivity contribution >= 4 is 50.7 Å². The molecule has 1 fully saturated rings. The van der Waals surface area contributed by atoms with E-state index in [0.29, 0.717) is 5.78 Å². The first kappa shape index (κ1) is 11.6. The standard InChI is InChI=1S/C13H12OS3/c14-12(11-8-15-6-7-16-11)10-3-1-2-9-4-5-17-13(9)10/h1-5,11H,6-8H2. The minimum absolute atomic E-state index is 0.154. The van der Waals surface area contributed by atoms with E-state index in [4.69, 9.17) is 0 Å². The van der Waals surface area contributed by atoms with Crippen LogP contribution in [-0.4, -0.2) is 28.3 Å². The molecule has 1 nitrogen and oxygen atoms in total. The average Bonchev–Trinajstić information content (AvgIpc) is 2.87. The summed E-state index contributed by atoms with van der Waals surface area (Å²) in [5.41, 5.74) is 0.914. The molecule has 1 aromatic heterocycles. The molecule has 0 saturated carbocycles. The lowest BCUT2D eigenvalue weighted by Gasteiger charge is -2.19. The summed E-state index contributed by atoms with van der Waals surface area (Å²) in [6, 6.07) is 8.12. The zero-order valence-corrected chi connectivity index (χ0v) is 11.7. The highest BCUT2D eigenvalue weighted by Gasteiger charge is 2.24. The van der Waals surface area contributed by atoms with Crippen molar-refractivity contribution in [3.8, 4) is 0 Å². The van der Waals surface area contributed by atoms with Gasteiger partial charge in [-0.25, -0.2) is 0 Å². The van der Waals surface area contributed by atoms with E-state index in [2.05, 4.69) is 17.5 Å². The minimum Gasteiger partial charge on any atom is -0.293 e. The number of carbonyl (C=O) groups is 1. The van der Waals surface area contributed by atoms with E-state index in [1.165, 1.54) is 11.1 Å². The number of thioether (sulfide) groups is 2. The normalized spacial score (nSPS) is 20.6. The van der Waals surface area contributed by atoms with Gasteiger partial charge in [0.15, 0.2) is 5.78 Å². The Hall–Kier alpha value is -0.450. The van der Waals surface area contributed by atoms with Gasteiger partial charge in [-0.1, -0.05) is 12.1 Å². The Kier molecular flexibility index (Phi) is 3.45. The molecule has 1 unspecified atom stereocenters. The first-order chi connectivity index (χ1) is 8.36. The van der Waals surface area contributed by atoms with Gasteiger partial charge >= 0.3 is 0 Å². The predicted octanol–water partition coefficient (Wildman–Crippen LogP) is 3.93. The molecule has 0 radical (unpaired) electrons. The summed E-state index contributed by atoms with van der Waals surface area (Å²) in [5, 5.41) is 3.40. The highest BCUT2D eigenvalue weighted by atomic mass is 32.2. The summed E-state index contributed by atoms with van der Waals surface area (Å²) in [6.07, 6.45) is 0. The van der Waals surface area contributed by atoms with Crippen molar-refractivity contribution in [2.24, 2.45) is 0 Å². The van der Waals surface area contributed by atoms with Crippen LogP contribution in [0.25, 0.3) is 10.1 Å². The smallest absolute Gasteiger partial charge is 0.178 e. The van der Waals surface area contributed by atoms with Gasteiger partial charge in [-0.2, -0.15) is 11.8 Å². The van der Waals surface area contributed by atoms with Crippen molar-refractivity contribution < 1.29 is 4.79 Å². The monoisotopic (exact) mass is 280 g/mol. The minimum atomic E-state index is 0.154. The van der Waals surface area contributed by atoms with E-state index in [1.807, 2.05) is 35.7 Å². The van der Waals surface area contributed by atoms with Gasteiger partial charge in [-0.15, -0.1) is 23.1 Å². The molecule has 1 aliphatic heterocycles. The van der Waals surface area contributed by atoms with Crippen molar-refractivity contribution in [3.63, 3.8) is 0 Å². The predicted molar refractivity (Wildman–Crippen MR) is 79.7 cm³/mol. The van der Waals surface area contributed by atoms with Crippen LogP contribution in [0.2, 0.25) is 0 Å². The lowest BCUT2D eigenvalue weighted by molar-refractivity contribution is 0.0997. The van der Waals surface area contributed by atoms with Gasteiger partial charge in [0.1, 0.15) is 0 Å². The number of Topliss-reactive ketones (excluding diaryl/α,β-unsaturated/α-hetero) is 1. The van der Waals surface area contributed by atoms with Crippen LogP contribution >= 0.6 is 34.9 Å². The number of carbonyl (C=O) groups excluding carboxylic acids is 1. The molecule has 4 heteroatoms. The molecule has 0 amide bonds. The number of hydrogen-bond acceptors (Lipinski definition) is 4. The summed E-state index contributed by atoms with van der Waals surface area (Å²) < 4.78 is 1.15. The van der Waals surface area contributed by atoms with Crippen molar-refractivity contribution in [3.05, 3.63) is 35.2 Å². The van der Waals surface area contributed by atoms with Crippen molar-refractivity contribution in [2.75, 3.05) is 17.3 Å². The van der Waals surface area contributed by atoms with E-state index in [0.717, 1.165) is 21.8 Å². The molecule has 88 valence electrons. The molecule has 1 atom stereocenters. The fourth-order valence-electron chi connectivity index (χ4n) is 2.00. The van der Waals surface area contributed by atoms with Gasteiger partial charge in [0.25, 0.3) is 0 Å². The van der Waals surface area contributed by atoms with Crippen LogP contribution < -0.4 is 0 Å². The topological polar surface area (TPSA) is 17.1 Å². The average molecular weight is 280 g/mol. The Labute approximate surface area is 113 Å². The van der Waals surface area contributed by atoms with E-state index in [9.17, 15) is 4.79 Å². The Balaban J connectivity index is 1.97. The van der Waals surface area contributed by atoms with Crippen LogP contribution in [0.15, 0.2) is 29.6 Å². The molecule has 0 spiro atoms. The summed E-state index contributed by atoms with van der Waals surface area (Å²) in [5.74, 6) is 3.56. The van der Waals surface area contributed by atoms with Gasteiger partial charge in [-0.05, 0) is 22.9 Å². The van der Waals surface area contributed by atoms with E-state index in [1.54, 1.807) is 11.3 Å². The maximum absolute atomic E-state index is 12.5. The zero-order valence-electron chi connectivity index (χ0n) is 9.22. The molecule has 17 heavy (non-hydrogen) atoms. The number of benzene rings is 1. The van der Waals surface area contributed by atoms with Gasteiger partial charge in [0.2, 0.25) is 0 Å². The summed E-state index contributed by atoms with van der Waals surface area (Å²) >= 11 is 5.38. The van der Waals surface area contributed by atoms with Gasteiger partial charge in [0, 0.05) is 27.5 Å². The number of fused-ring (bicyclic) bond motifs is 1. The summed E-state index contributed by atoms with van der Waals surface area (Å²) in [4.78, 5) is 12.5. The van der Waals surface area contributed by atoms with Crippen LogP contribution in [0.3, 0.4) is 0 Å². The lowest BCUT2D eigenvalue weighted by atomic mass is 10.1. The second-order valence-electron chi connectivity index (χ2n) is 3.94. The largest absolute Gasteiger partial charge is 0.293 e. The van der Waals surface area contributed by atoms with Crippen molar-refractivity contribution in [1.29, 1.82) is 0 Å². The Morgan fingerprint density at radius 1 is 1.24 bits per heavy atom. The second-order valence-corrected chi connectivity index (χ2v) is 7.32. The summed E-state index contributed by atoms with van der Waals surface area (Å²) in [7, 11) is 0. The number of rotatable bonds is 2. The van der Waals surface area contributed by atoms with Crippen LogP contribution in [0.1, 0.15) is 10.4 Å². The molecular formula is C13H12OS3. The van der Waals surface area contributed by atoms with Crippen LogP contribution in [-0.2, 0) is 0 Å². The molecule has 2 aromatic rings. The van der Waals surface area contributed by atoms with Crippen LogP contribution in [0.4, 0.5) is 0 Å². The van der Waals surface area contributed by atoms with E-state index < -0.39 is 0 Å². The highest BCUT2D eigenvalue weighted by molar-refractivity contribution is 8.07. The summed E-state index contributed by atoms with van der Waals surface area (Å²) in [6.45, 7) is 0. The number of ketones is 1. The maximum atomic E-state index is 12.5. The first-order valence-electron chi connectivity index (χ1n) is 5.56. The molecular weight excluding hydrogens is 268 g/mol. The number of thiophene rings is 1. The Morgan fingerprint density at radius 2 is 2.18 bits per heavy atom. The maximum Gasteiger partial charge on any atom is 0.178 e. The molecule has 0 N–H and O–H groups in total. The molecule has 0 aliphatic carbocycles. The fourth-order valence-corrected chi connectivity index (χ4v) is 5.54. The molecule has 3 rings (SSSR count). The first-order valence-corrected chi connectivity index (χ1v) is 8.64. The second kappa shape index (κ2) is 5.04. The third kappa shape index (κ3) is 2.26. The van der Waals surface area contributed by atoms with Crippen LogP contribution in [0, 0.1) is 0 Å². The molecule has 1 saturated heterocycles. The van der Waals surface area contributed by atoms with E-state index in [-0.39, 0.29) is 5.25 Å². The zero-order chi connectivity index (χ0) is 11.7.